The minimum atomic E-state index is -3.88. The second-order valence-corrected chi connectivity index (χ2v) is 7.92. The summed E-state index contributed by atoms with van der Waals surface area (Å²) < 4.78 is 44.7. The lowest BCUT2D eigenvalue weighted by Gasteiger charge is -2.20. The van der Waals surface area contributed by atoms with Gasteiger partial charge < -0.3 is 4.57 Å². The van der Waals surface area contributed by atoms with Crippen molar-refractivity contribution in [3.8, 4) is 0 Å². The molecule has 0 fully saturated rings. The molecule has 5 nitrogen and oxygen atoms in total. The molecule has 0 bridgehead atoms. The molecule has 0 aliphatic heterocycles. The van der Waals surface area contributed by atoms with Crippen LogP contribution in [0.5, 0.6) is 0 Å². The van der Waals surface area contributed by atoms with Crippen LogP contribution in [-0.2, 0) is 17.1 Å². The summed E-state index contributed by atoms with van der Waals surface area (Å²) in [5.74, 6) is -0.0905. The van der Waals surface area contributed by atoms with Crippen LogP contribution in [0.4, 0.5) is 4.39 Å². The molecule has 26 heavy (non-hydrogen) atoms. The molecule has 1 atom stereocenters. The maximum Gasteiger partial charge on any atom is 0.241 e. The average molecular weight is 373 g/mol. The number of nitrogens with zero attached hydrogens (tertiary/aromatic N) is 2. The summed E-state index contributed by atoms with van der Waals surface area (Å²) >= 11 is 0. The summed E-state index contributed by atoms with van der Waals surface area (Å²) in [5.41, 5.74) is 1.82. The Labute approximate surface area is 152 Å². The van der Waals surface area contributed by atoms with Crippen molar-refractivity contribution in [1.82, 2.24) is 14.3 Å². The minimum Gasteiger partial charge on any atom is -0.336 e. The van der Waals surface area contributed by atoms with Gasteiger partial charge in [0.2, 0.25) is 10.0 Å². The van der Waals surface area contributed by atoms with Crippen molar-refractivity contribution in [2.75, 3.05) is 0 Å². The number of rotatable bonds is 5. The number of hydrogen-bond acceptors (Lipinski definition) is 3. The fraction of sp³-hybridized carbons (Fsp3) is 0.211. The highest BCUT2D eigenvalue weighted by Gasteiger charge is 2.28. The molecular weight excluding hydrogens is 353 g/mol. The standard InChI is InChI=1S/C19H20FN3O2S/c1-13-8-9-17(14(2)12-13)26(24,25)22-18(19-21-10-11-23(19)3)15-6-4-5-7-16(15)20/h4-12,18,22H,1-3H3/t18-/m0/s1. The molecule has 3 aromatic rings. The van der Waals surface area contributed by atoms with Gasteiger partial charge in [-0.3, -0.25) is 0 Å². The fourth-order valence-corrected chi connectivity index (χ4v) is 4.34. The van der Waals surface area contributed by atoms with Gasteiger partial charge in [-0.25, -0.2) is 17.8 Å². The maximum atomic E-state index is 14.4. The lowest BCUT2D eigenvalue weighted by molar-refractivity contribution is 0.544. The van der Waals surface area contributed by atoms with Gasteiger partial charge in [-0.2, -0.15) is 4.72 Å². The van der Waals surface area contributed by atoms with Crippen LogP contribution in [0.15, 0.2) is 59.8 Å². The Bertz CT molecular complexity index is 1040. The highest BCUT2D eigenvalue weighted by molar-refractivity contribution is 7.89. The van der Waals surface area contributed by atoms with Crippen LogP contribution in [0.3, 0.4) is 0 Å². The van der Waals surface area contributed by atoms with Crippen LogP contribution in [0.2, 0.25) is 0 Å². The van der Waals surface area contributed by atoms with Crippen molar-refractivity contribution in [2.24, 2.45) is 7.05 Å². The molecule has 7 heteroatoms. The van der Waals surface area contributed by atoms with Crippen molar-refractivity contribution in [1.29, 1.82) is 0 Å². The summed E-state index contributed by atoms with van der Waals surface area (Å²) in [7, 11) is -2.15. The van der Waals surface area contributed by atoms with E-state index < -0.39 is 21.9 Å². The van der Waals surface area contributed by atoms with Crippen molar-refractivity contribution in [3.63, 3.8) is 0 Å². The van der Waals surface area contributed by atoms with Gasteiger partial charge >= 0.3 is 0 Å². The zero-order valence-corrected chi connectivity index (χ0v) is 15.6. The van der Waals surface area contributed by atoms with E-state index >= 15 is 0 Å². The van der Waals surface area contributed by atoms with Crippen LogP contribution < -0.4 is 4.72 Å². The Hall–Kier alpha value is -2.51. The summed E-state index contributed by atoms with van der Waals surface area (Å²) in [6, 6.07) is 10.2. The lowest BCUT2D eigenvalue weighted by Crippen LogP contribution is -2.32. The van der Waals surface area contributed by atoms with Gasteiger partial charge in [0.1, 0.15) is 17.7 Å². The number of aryl methyl sites for hydroxylation is 3. The molecule has 0 amide bonds. The minimum absolute atomic E-state index is 0.165. The zero-order chi connectivity index (χ0) is 18.9. The summed E-state index contributed by atoms with van der Waals surface area (Å²) in [4.78, 5) is 4.38. The topological polar surface area (TPSA) is 64.0 Å². The summed E-state index contributed by atoms with van der Waals surface area (Å²) in [6.07, 6.45) is 3.24. The van der Waals surface area contributed by atoms with E-state index in [-0.39, 0.29) is 10.5 Å². The Morgan fingerprint density at radius 3 is 2.50 bits per heavy atom. The second-order valence-electron chi connectivity index (χ2n) is 6.24. The predicted octanol–water partition coefficient (Wildman–Crippen LogP) is 3.24. The normalized spacial score (nSPS) is 12.9. The smallest absolute Gasteiger partial charge is 0.241 e. The van der Waals surface area contributed by atoms with Crippen LogP contribution in [-0.4, -0.2) is 18.0 Å². The van der Waals surface area contributed by atoms with Crippen molar-refractivity contribution in [3.05, 3.63) is 83.2 Å². The molecular formula is C19H20FN3O2S. The highest BCUT2D eigenvalue weighted by Crippen LogP contribution is 2.26. The number of sulfonamides is 1. The number of benzene rings is 2. The van der Waals surface area contributed by atoms with Crippen LogP contribution >= 0.6 is 0 Å². The maximum absolute atomic E-state index is 14.4. The first-order valence-electron chi connectivity index (χ1n) is 8.11. The summed E-state index contributed by atoms with van der Waals surface area (Å²) in [5, 5.41) is 0. The molecule has 0 aliphatic carbocycles. The SMILES string of the molecule is Cc1ccc(S(=O)(=O)N[C@@H](c2ccccc2F)c2nccn2C)c(C)c1. The second kappa shape index (κ2) is 7.01. The predicted molar refractivity (Wildman–Crippen MR) is 97.7 cm³/mol. The van der Waals surface area contributed by atoms with Gasteiger partial charge in [0, 0.05) is 25.0 Å². The largest absolute Gasteiger partial charge is 0.336 e. The molecule has 1 aromatic heterocycles. The van der Waals surface area contributed by atoms with E-state index in [1.54, 1.807) is 67.3 Å². The number of halogens is 1. The van der Waals surface area contributed by atoms with E-state index in [1.165, 1.54) is 6.07 Å². The molecule has 0 saturated heterocycles. The molecule has 1 N–H and O–H groups in total. The number of hydrogen-bond donors (Lipinski definition) is 1. The van der Waals surface area contributed by atoms with Gasteiger partial charge in [-0.05, 0) is 31.5 Å². The first-order chi connectivity index (χ1) is 12.3. The third kappa shape index (κ3) is 3.54. The van der Waals surface area contributed by atoms with Gasteiger partial charge in [0.15, 0.2) is 0 Å². The number of nitrogens with one attached hydrogen (secondary N) is 1. The van der Waals surface area contributed by atoms with Gasteiger partial charge in [0.05, 0.1) is 4.90 Å². The van der Waals surface area contributed by atoms with Crippen molar-refractivity contribution >= 4 is 10.0 Å². The van der Waals surface area contributed by atoms with Crippen LogP contribution in [0.25, 0.3) is 0 Å². The van der Waals surface area contributed by atoms with Crippen LogP contribution in [0.1, 0.15) is 28.6 Å². The van der Waals surface area contributed by atoms with Gasteiger partial charge in [-0.15, -0.1) is 0 Å². The molecule has 3 rings (SSSR count). The number of aromatic nitrogens is 2. The van der Waals surface area contributed by atoms with Crippen molar-refractivity contribution in [2.45, 2.75) is 24.8 Å². The molecule has 0 saturated carbocycles. The first-order valence-corrected chi connectivity index (χ1v) is 9.59. The quantitative estimate of drug-likeness (QED) is 0.747. The zero-order valence-electron chi connectivity index (χ0n) is 14.8. The molecule has 0 spiro atoms. The molecule has 136 valence electrons. The van der Waals surface area contributed by atoms with E-state index in [4.69, 9.17) is 0 Å². The van der Waals surface area contributed by atoms with E-state index in [1.807, 2.05) is 6.92 Å². The molecule has 0 unspecified atom stereocenters. The van der Waals surface area contributed by atoms with Gasteiger partial charge in [0.25, 0.3) is 0 Å². The monoisotopic (exact) mass is 373 g/mol. The third-order valence-electron chi connectivity index (χ3n) is 4.23. The van der Waals surface area contributed by atoms with E-state index in [0.717, 1.165) is 5.56 Å². The Kier molecular flexibility index (Phi) is 4.93. The number of imidazole rings is 1. The van der Waals surface area contributed by atoms with Gasteiger partial charge in [-0.1, -0.05) is 35.9 Å². The lowest BCUT2D eigenvalue weighted by atomic mass is 10.1. The first kappa shape index (κ1) is 18.3. The highest BCUT2D eigenvalue weighted by atomic mass is 32.2. The fourth-order valence-electron chi connectivity index (χ4n) is 2.94. The summed E-state index contributed by atoms with van der Waals surface area (Å²) in [6.45, 7) is 3.63. The third-order valence-corrected chi connectivity index (χ3v) is 5.81. The van der Waals surface area contributed by atoms with Crippen molar-refractivity contribution < 1.29 is 12.8 Å². The van der Waals surface area contributed by atoms with E-state index in [9.17, 15) is 12.8 Å². The van der Waals surface area contributed by atoms with E-state index in [2.05, 4.69) is 9.71 Å². The Morgan fingerprint density at radius 2 is 1.88 bits per heavy atom. The molecule has 0 aliphatic rings. The molecule has 2 aromatic carbocycles. The Morgan fingerprint density at radius 1 is 1.15 bits per heavy atom. The Balaban J connectivity index is 2.09. The van der Waals surface area contributed by atoms with E-state index in [0.29, 0.717) is 11.4 Å². The van der Waals surface area contributed by atoms with Crippen LogP contribution in [0, 0.1) is 19.7 Å². The average Bonchev–Trinajstić information content (AvgIpc) is 2.99. The molecule has 1 heterocycles. The molecule has 0 radical (unpaired) electrons.